The molecule has 0 aromatic heterocycles. The molecular weight excluding hydrogens is 447 g/mol. The molecule has 23 heavy (non-hydrogen) atoms. The number of hydrogen-bond donors (Lipinski definition) is 2. The summed E-state index contributed by atoms with van der Waals surface area (Å²) >= 11 is 0. The molecule has 0 rings (SSSR count). The van der Waals surface area contributed by atoms with Crippen LogP contribution in [0.5, 0.6) is 0 Å². The van der Waals surface area contributed by atoms with E-state index < -0.39 is 8.25 Å². The average molecular weight is 485 g/mol. The summed E-state index contributed by atoms with van der Waals surface area (Å²) in [5.41, 5.74) is 0. The van der Waals surface area contributed by atoms with Gasteiger partial charge in [-0.1, -0.05) is 74.5 Å². The second kappa shape index (κ2) is 28.2. The Morgan fingerprint density at radius 1 is 0.826 bits per heavy atom. The van der Waals surface area contributed by atoms with Crippen molar-refractivity contribution >= 4 is 8.25 Å². The van der Waals surface area contributed by atoms with E-state index in [4.69, 9.17) is 24.6 Å². The predicted molar refractivity (Wildman–Crippen MR) is 89.8 cm³/mol. The Bertz CT molecular complexity index is 193. The molecule has 0 saturated carbocycles. The second-order valence-electron chi connectivity index (χ2n) is 5.45. The van der Waals surface area contributed by atoms with Crippen LogP contribution < -0.4 is 9.79 Å². The summed E-state index contributed by atoms with van der Waals surface area (Å²) in [6, 6.07) is 0. The SMILES string of the molecule is CCCCC(CC)CO.CCCCC(CC)CO.O=[PH]([O-])[O-].[Nd+2]. The number of aliphatic hydroxyl groups is 2. The number of aliphatic hydroxyl groups excluding tert-OH is 2. The van der Waals surface area contributed by atoms with Crippen molar-refractivity contribution < 1.29 is 65.4 Å². The fourth-order valence-electron chi connectivity index (χ4n) is 1.83. The standard InChI is InChI=1S/2C8H18O.Nd.H3O3P/c2*1-3-5-6-8(4-2)7-9;;1-4(2)3/h2*8-9H,3-7H2,1-2H3;;4H,(H2,1,2,3)/q;;+2;/p-2. The molecule has 0 amide bonds. The average Bonchev–Trinajstić information content (AvgIpc) is 2.50. The molecule has 0 radical (unpaired) electrons. The Balaban J connectivity index is -0.000000124. The van der Waals surface area contributed by atoms with E-state index in [1.54, 1.807) is 0 Å². The quantitative estimate of drug-likeness (QED) is 0.464. The zero-order valence-electron chi connectivity index (χ0n) is 15.3. The van der Waals surface area contributed by atoms with Gasteiger partial charge in [-0.15, -0.1) is 0 Å². The molecule has 0 fully saturated rings. The van der Waals surface area contributed by atoms with E-state index in [2.05, 4.69) is 27.7 Å². The van der Waals surface area contributed by atoms with Gasteiger partial charge >= 0.3 is 40.8 Å². The van der Waals surface area contributed by atoms with Crippen LogP contribution in [0.3, 0.4) is 0 Å². The van der Waals surface area contributed by atoms with Gasteiger partial charge in [0.2, 0.25) is 0 Å². The first-order chi connectivity index (χ1) is 10.4. The fraction of sp³-hybridized carbons (Fsp3) is 1.00. The van der Waals surface area contributed by atoms with Crippen molar-refractivity contribution in [2.45, 2.75) is 79.1 Å². The first-order valence-electron chi connectivity index (χ1n) is 8.52. The zero-order chi connectivity index (χ0) is 17.8. The third-order valence-corrected chi connectivity index (χ3v) is 3.60. The van der Waals surface area contributed by atoms with Gasteiger partial charge in [0.25, 0.3) is 0 Å². The first kappa shape index (κ1) is 32.1. The van der Waals surface area contributed by atoms with Gasteiger partial charge in [-0.25, -0.2) is 0 Å². The van der Waals surface area contributed by atoms with Crippen molar-refractivity contribution in [2.24, 2.45) is 11.8 Å². The van der Waals surface area contributed by atoms with Crippen LogP contribution in [-0.2, 0) is 4.57 Å². The molecule has 0 aromatic rings. The minimum Gasteiger partial charge on any atom is -0.813 e. The zero-order valence-corrected chi connectivity index (χ0v) is 19.6. The molecule has 5 nitrogen and oxygen atoms in total. The van der Waals surface area contributed by atoms with Gasteiger partial charge < -0.3 is 24.6 Å². The van der Waals surface area contributed by atoms with Gasteiger partial charge in [-0.3, -0.25) is 0 Å². The van der Waals surface area contributed by atoms with Crippen LogP contribution in [-0.4, -0.2) is 23.4 Å². The van der Waals surface area contributed by atoms with Gasteiger partial charge in [-0.05, 0) is 24.7 Å². The van der Waals surface area contributed by atoms with Crippen LogP contribution in [0.4, 0.5) is 0 Å². The number of rotatable bonds is 10. The molecule has 0 bridgehead atoms. The van der Waals surface area contributed by atoms with Crippen LogP contribution in [0.25, 0.3) is 0 Å². The molecule has 0 aliphatic carbocycles. The van der Waals surface area contributed by atoms with Gasteiger partial charge in [-0.2, -0.15) is 0 Å². The van der Waals surface area contributed by atoms with E-state index in [0.29, 0.717) is 25.0 Å². The maximum absolute atomic E-state index is 8.75. The summed E-state index contributed by atoms with van der Waals surface area (Å²) in [5.74, 6) is 1.12. The van der Waals surface area contributed by atoms with Crippen molar-refractivity contribution in [3.63, 3.8) is 0 Å². The molecular formula is C16H37NdO5P. The van der Waals surface area contributed by atoms with E-state index in [0.717, 1.165) is 12.8 Å². The summed E-state index contributed by atoms with van der Waals surface area (Å²) in [5, 5.41) is 17.5. The number of hydrogen-bond acceptors (Lipinski definition) is 5. The Labute approximate surface area is 176 Å². The maximum Gasteiger partial charge on any atom is 2.00 e. The summed E-state index contributed by atoms with van der Waals surface area (Å²) in [7, 11) is -3.63. The minimum atomic E-state index is -3.63. The second-order valence-corrected chi connectivity index (χ2v) is 5.95. The maximum atomic E-state index is 8.75. The van der Waals surface area contributed by atoms with Crippen LogP contribution in [0.1, 0.15) is 79.1 Å². The van der Waals surface area contributed by atoms with E-state index in [1.165, 1.54) is 38.5 Å². The molecule has 2 unspecified atom stereocenters. The molecule has 0 aliphatic heterocycles. The Morgan fingerprint density at radius 3 is 1.22 bits per heavy atom. The minimum absolute atomic E-state index is 0. The van der Waals surface area contributed by atoms with Gasteiger partial charge in [0.1, 0.15) is 0 Å². The summed E-state index contributed by atoms with van der Waals surface area (Å²) < 4.78 is 8.52. The topological polar surface area (TPSA) is 104 Å². The van der Waals surface area contributed by atoms with Crippen LogP contribution in [0.2, 0.25) is 0 Å². The predicted octanol–water partition coefficient (Wildman–Crippen LogP) is 2.49. The van der Waals surface area contributed by atoms with Crippen LogP contribution in [0.15, 0.2) is 0 Å². The monoisotopic (exact) mass is 482 g/mol. The van der Waals surface area contributed by atoms with Crippen molar-refractivity contribution in [1.82, 2.24) is 0 Å². The Kier molecular flexibility index (Phi) is 39.4. The summed E-state index contributed by atoms with van der Waals surface area (Å²) in [6.45, 7) is 9.38. The molecule has 0 aliphatic rings. The molecule has 2 N–H and O–H groups in total. The van der Waals surface area contributed by atoms with Crippen molar-refractivity contribution in [2.75, 3.05) is 13.2 Å². The number of unbranched alkanes of at least 4 members (excludes halogenated alkanes) is 2. The molecule has 0 aromatic carbocycles. The molecule has 0 heterocycles. The molecule has 0 spiro atoms. The molecule has 2 atom stereocenters. The first-order valence-corrected chi connectivity index (χ1v) is 9.75. The fourth-order valence-corrected chi connectivity index (χ4v) is 1.83. The third-order valence-electron chi connectivity index (χ3n) is 3.60. The van der Waals surface area contributed by atoms with E-state index in [-0.39, 0.29) is 40.8 Å². The van der Waals surface area contributed by atoms with Gasteiger partial charge in [0.05, 0.1) is 0 Å². The van der Waals surface area contributed by atoms with Crippen molar-refractivity contribution in [1.29, 1.82) is 0 Å². The molecule has 7 heteroatoms. The van der Waals surface area contributed by atoms with Gasteiger partial charge in [0, 0.05) is 13.2 Å². The molecule has 0 saturated heterocycles. The van der Waals surface area contributed by atoms with Crippen LogP contribution >= 0.6 is 8.25 Å². The normalized spacial score (nSPS) is 12.2. The van der Waals surface area contributed by atoms with Gasteiger partial charge in [0.15, 0.2) is 0 Å². The summed E-state index contributed by atoms with van der Waals surface area (Å²) in [4.78, 5) is 17.0. The van der Waals surface area contributed by atoms with E-state index >= 15 is 0 Å². The Morgan fingerprint density at radius 2 is 1.09 bits per heavy atom. The van der Waals surface area contributed by atoms with Crippen LogP contribution in [0, 0.1) is 52.7 Å². The Hall–Kier alpha value is 1.42. The van der Waals surface area contributed by atoms with Crippen molar-refractivity contribution in [3.8, 4) is 0 Å². The van der Waals surface area contributed by atoms with E-state index in [9.17, 15) is 0 Å². The van der Waals surface area contributed by atoms with E-state index in [1.807, 2.05) is 0 Å². The largest absolute Gasteiger partial charge is 2.00 e. The summed E-state index contributed by atoms with van der Waals surface area (Å²) in [6.07, 6.45) is 9.66. The third kappa shape index (κ3) is 35.4. The smallest absolute Gasteiger partial charge is 0.813 e. The van der Waals surface area contributed by atoms with Crippen molar-refractivity contribution in [3.05, 3.63) is 0 Å². The molecule has 140 valence electrons.